The molecule has 38 heavy (non-hydrogen) atoms. The Morgan fingerprint density at radius 3 is 1.89 bits per heavy atom. The Hall–Kier alpha value is -4.63. The van der Waals surface area contributed by atoms with Crippen LogP contribution in [0.3, 0.4) is 0 Å². The Morgan fingerprint density at radius 1 is 0.526 bits per heavy atom. The van der Waals surface area contributed by atoms with Gasteiger partial charge in [-0.3, -0.25) is 4.98 Å². The summed E-state index contributed by atoms with van der Waals surface area (Å²) in [6.45, 7) is 6.88. The smallest absolute Gasteiger partial charge is 0.0645 e. The van der Waals surface area contributed by atoms with Gasteiger partial charge in [-0.25, -0.2) is 0 Å². The van der Waals surface area contributed by atoms with E-state index in [2.05, 4.69) is 126 Å². The van der Waals surface area contributed by atoms with Crippen LogP contribution in [0.5, 0.6) is 0 Å². The van der Waals surface area contributed by atoms with Crippen LogP contribution in [-0.2, 0) is 5.54 Å². The molecule has 3 heterocycles. The van der Waals surface area contributed by atoms with Crippen LogP contribution in [-0.4, -0.2) is 14.1 Å². The molecule has 0 aliphatic rings. The first-order valence-electron chi connectivity index (χ1n) is 13.2. The summed E-state index contributed by atoms with van der Waals surface area (Å²) in [5.74, 6) is 0. The van der Waals surface area contributed by atoms with E-state index in [1.54, 1.807) is 0 Å². The first kappa shape index (κ1) is 21.5. The Morgan fingerprint density at radius 2 is 1.16 bits per heavy atom. The van der Waals surface area contributed by atoms with Gasteiger partial charge in [-0.1, -0.05) is 42.5 Å². The van der Waals surface area contributed by atoms with E-state index in [0.717, 1.165) is 5.69 Å². The van der Waals surface area contributed by atoms with Gasteiger partial charge in [0, 0.05) is 38.8 Å². The molecule has 0 aliphatic heterocycles. The first-order chi connectivity index (χ1) is 18.5. The average Bonchev–Trinajstić information content (AvgIpc) is 3.41. The molecular weight excluding hydrogens is 462 g/mol. The number of aromatic nitrogens is 3. The van der Waals surface area contributed by atoms with Crippen LogP contribution in [0.15, 0.2) is 109 Å². The van der Waals surface area contributed by atoms with Crippen molar-refractivity contribution in [3.05, 3.63) is 109 Å². The monoisotopic (exact) mass is 489 g/mol. The highest BCUT2D eigenvalue weighted by Gasteiger charge is 2.23. The number of hydrogen-bond acceptors (Lipinski definition) is 1. The zero-order valence-corrected chi connectivity index (χ0v) is 21.7. The van der Waals surface area contributed by atoms with Crippen molar-refractivity contribution in [2.75, 3.05) is 0 Å². The summed E-state index contributed by atoms with van der Waals surface area (Å²) in [6.07, 6.45) is 3.81. The molecule has 0 saturated carbocycles. The molecule has 0 spiro atoms. The molecule has 0 unspecified atom stereocenters. The summed E-state index contributed by atoms with van der Waals surface area (Å²) in [7, 11) is 0. The minimum atomic E-state index is -0.0532. The van der Waals surface area contributed by atoms with Crippen LogP contribution in [0, 0.1) is 0 Å². The normalized spacial score (nSPS) is 12.6. The van der Waals surface area contributed by atoms with Crippen molar-refractivity contribution < 1.29 is 0 Å². The second-order valence-electron chi connectivity index (χ2n) is 11.4. The van der Waals surface area contributed by atoms with Crippen molar-refractivity contribution in [2.24, 2.45) is 0 Å². The molecule has 0 atom stereocenters. The minimum Gasteiger partial charge on any atom is -0.335 e. The zero-order chi connectivity index (χ0) is 25.6. The molecular formula is C35H27N3. The van der Waals surface area contributed by atoms with Gasteiger partial charge >= 0.3 is 0 Å². The van der Waals surface area contributed by atoms with E-state index in [0.29, 0.717) is 0 Å². The van der Waals surface area contributed by atoms with Crippen molar-refractivity contribution in [3.8, 4) is 5.69 Å². The van der Waals surface area contributed by atoms with E-state index in [1.165, 1.54) is 65.2 Å². The molecule has 0 N–H and O–H groups in total. The lowest BCUT2D eigenvalue weighted by atomic mass is 10.0. The number of pyridine rings is 1. The van der Waals surface area contributed by atoms with Crippen molar-refractivity contribution >= 4 is 65.2 Å². The summed E-state index contributed by atoms with van der Waals surface area (Å²) in [5, 5.41) is 10.1. The summed E-state index contributed by atoms with van der Waals surface area (Å²) in [6, 6.07) is 35.7. The van der Waals surface area contributed by atoms with Crippen molar-refractivity contribution in [1.82, 2.24) is 14.1 Å². The first-order valence-corrected chi connectivity index (χ1v) is 13.2. The quantitative estimate of drug-likeness (QED) is 0.211. The molecule has 0 radical (unpaired) electrons. The fourth-order valence-corrected chi connectivity index (χ4v) is 6.40. The lowest BCUT2D eigenvalue weighted by Gasteiger charge is -2.24. The van der Waals surface area contributed by atoms with Crippen LogP contribution >= 0.6 is 0 Å². The van der Waals surface area contributed by atoms with Gasteiger partial charge < -0.3 is 9.13 Å². The van der Waals surface area contributed by atoms with Gasteiger partial charge in [-0.2, -0.15) is 0 Å². The topological polar surface area (TPSA) is 22.8 Å². The fraction of sp³-hybridized carbons (Fsp3) is 0.114. The highest BCUT2D eigenvalue weighted by atomic mass is 15.1. The molecule has 0 bridgehead atoms. The Balaban J connectivity index is 1.60. The number of benzene rings is 5. The Labute approximate surface area is 220 Å². The highest BCUT2D eigenvalue weighted by Crippen LogP contribution is 2.41. The molecule has 5 aromatic carbocycles. The molecule has 8 aromatic rings. The van der Waals surface area contributed by atoms with Gasteiger partial charge in [-0.15, -0.1) is 0 Å². The summed E-state index contributed by atoms with van der Waals surface area (Å²) < 4.78 is 4.88. The molecule has 182 valence electrons. The maximum Gasteiger partial charge on any atom is 0.0645 e. The SMILES string of the molecule is CC(C)(C)n1c2ccccc2c2cc3c(cc21)c1cc2cc4ccccc4cc2cc1n3-c1cccnc1. The van der Waals surface area contributed by atoms with Crippen molar-refractivity contribution in [3.63, 3.8) is 0 Å². The number of para-hydroxylation sites is 1. The summed E-state index contributed by atoms with van der Waals surface area (Å²) in [4.78, 5) is 4.48. The Kier molecular flexibility index (Phi) is 4.21. The van der Waals surface area contributed by atoms with E-state index < -0.39 is 0 Å². The predicted octanol–water partition coefficient (Wildman–Crippen LogP) is 9.35. The number of nitrogens with zero attached hydrogens (tertiary/aromatic N) is 3. The summed E-state index contributed by atoms with van der Waals surface area (Å²) in [5.41, 5.74) is 5.98. The zero-order valence-electron chi connectivity index (χ0n) is 21.7. The standard InChI is InChI=1S/C35H27N3/c1-35(2,3)38-31-13-7-6-12-27(31)29-19-33-30(20-34(29)38)28-17-24-15-22-9-4-5-10-23(22)16-25(24)18-32(28)37(33)26-11-8-14-36-21-26/h4-21H,1-3H3. The van der Waals surface area contributed by atoms with Gasteiger partial charge in [0.15, 0.2) is 0 Å². The van der Waals surface area contributed by atoms with E-state index in [4.69, 9.17) is 0 Å². The van der Waals surface area contributed by atoms with E-state index >= 15 is 0 Å². The van der Waals surface area contributed by atoms with Gasteiger partial charge in [0.2, 0.25) is 0 Å². The average molecular weight is 490 g/mol. The van der Waals surface area contributed by atoms with Crippen LogP contribution < -0.4 is 0 Å². The molecule has 3 heteroatoms. The lowest BCUT2D eigenvalue weighted by Crippen LogP contribution is -2.21. The molecule has 0 aliphatic carbocycles. The van der Waals surface area contributed by atoms with Gasteiger partial charge in [0.05, 0.1) is 28.4 Å². The largest absolute Gasteiger partial charge is 0.335 e. The second kappa shape index (κ2) is 7.45. The maximum atomic E-state index is 4.48. The molecule has 0 saturated heterocycles. The molecule has 3 nitrogen and oxygen atoms in total. The number of fused-ring (bicyclic) bond motifs is 8. The minimum absolute atomic E-state index is 0.0532. The van der Waals surface area contributed by atoms with Gasteiger partial charge in [-0.05, 0) is 96.9 Å². The fourth-order valence-electron chi connectivity index (χ4n) is 6.40. The molecule has 0 fully saturated rings. The molecule has 0 amide bonds. The summed E-state index contributed by atoms with van der Waals surface area (Å²) >= 11 is 0. The van der Waals surface area contributed by atoms with Crippen LogP contribution in [0.25, 0.3) is 70.8 Å². The van der Waals surface area contributed by atoms with Crippen LogP contribution in [0.1, 0.15) is 20.8 Å². The number of hydrogen-bond donors (Lipinski definition) is 0. The highest BCUT2D eigenvalue weighted by molar-refractivity contribution is 6.20. The van der Waals surface area contributed by atoms with Crippen molar-refractivity contribution in [1.29, 1.82) is 0 Å². The second-order valence-corrected chi connectivity index (χ2v) is 11.4. The van der Waals surface area contributed by atoms with Crippen molar-refractivity contribution in [2.45, 2.75) is 26.3 Å². The van der Waals surface area contributed by atoms with E-state index in [-0.39, 0.29) is 5.54 Å². The molecule has 3 aromatic heterocycles. The number of rotatable bonds is 1. The van der Waals surface area contributed by atoms with Crippen LogP contribution in [0.4, 0.5) is 0 Å². The third-order valence-electron chi connectivity index (χ3n) is 7.96. The lowest BCUT2D eigenvalue weighted by molar-refractivity contribution is 0.423. The maximum absolute atomic E-state index is 4.48. The van der Waals surface area contributed by atoms with Gasteiger partial charge in [0.25, 0.3) is 0 Å². The van der Waals surface area contributed by atoms with Crippen LogP contribution in [0.2, 0.25) is 0 Å². The van der Waals surface area contributed by atoms with E-state index in [1.807, 2.05) is 18.5 Å². The Bertz CT molecular complexity index is 2210. The van der Waals surface area contributed by atoms with Gasteiger partial charge in [0.1, 0.15) is 0 Å². The molecule has 8 rings (SSSR count). The predicted molar refractivity (Wildman–Crippen MR) is 162 cm³/mol. The third kappa shape index (κ3) is 2.93. The third-order valence-corrected chi connectivity index (χ3v) is 7.96. The van der Waals surface area contributed by atoms with E-state index in [9.17, 15) is 0 Å².